The van der Waals surface area contributed by atoms with Crippen molar-refractivity contribution in [1.82, 2.24) is 9.55 Å². The minimum atomic E-state index is -0.422. The van der Waals surface area contributed by atoms with E-state index in [1.807, 2.05) is 6.20 Å². The van der Waals surface area contributed by atoms with Gasteiger partial charge in [-0.2, -0.15) is 6.07 Å². The van der Waals surface area contributed by atoms with Gasteiger partial charge in [0.05, 0.1) is 0 Å². The zero-order chi connectivity index (χ0) is 54.2. The van der Waals surface area contributed by atoms with Crippen LogP contribution in [0.4, 0.5) is 34.1 Å². The summed E-state index contributed by atoms with van der Waals surface area (Å²) in [5.41, 5.74) is 17.4. The summed E-state index contributed by atoms with van der Waals surface area (Å²) in [5, 5.41) is 2.26. The molecule has 0 atom stereocenters. The monoisotopic (exact) mass is 1200 g/mol. The van der Waals surface area contributed by atoms with Crippen molar-refractivity contribution >= 4 is 55.9 Å². The van der Waals surface area contributed by atoms with Gasteiger partial charge in [-0.1, -0.05) is 214 Å². The normalized spacial score (nSPS) is 13.2. The minimum Gasteiger partial charge on any atom is -0.493 e. The first-order chi connectivity index (χ1) is 36.6. The van der Waals surface area contributed by atoms with E-state index >= 15 is 0 Å². The minimum absolute atomic E-state index is 0. The van der Waals surface area contributed by atoms with E-state index in [1.165, 1.54) is 44.5 Å². The molecular formula is C72H72N5Pt-3. The molecule has 0 bridgehead atoms. The fourth-order valence-electron chi connectivity index (χ4n) is 11.2. The molecule has 0 unspecified atom stereocenters. The molecule has 10 aromatic rings. The van der Waals surface area contributed by atoms with Crippen molar-refractivity contribution in [2.75, 3.05) is 21.7 Å². The summed E-state index contributed by atoms with van der Waals surface area (Å²) in [6.07, 6.45) is 1.97. The molecule has 0 fully saturated rings. The van der Waals surface area contributed by atoms with Crippen LogP contribution in [-0.4, -0.2) is 16.6 Å². The Labute approximate surface area is 478 Å². The van der Waals surface area contributed by atoms with Crippen molar-refractivity contribution in [3.05, 3.63) is 258 Å². The molecule has 78 heavy (non-hydrogen) atoms. The molecule has 0 saturated heterocycles. The van der Waals surface area contributed by atoms with E-state index in [-0.39, 0.29) is 42.7 Å². The van der Waals surface area contributed by atoms with Crippen LogP contribution in [0.25, 0.3) is 27.6 Å². The summed E-state index contributed by atoms with van der Waals surface area (Å²) in [6.45, 7) is 29.9. The summed E-state index contributed by atoms with van der Waals surface area (Å²) in [7, 11) is 2.15. The van der Waals surface area contributed by atoms with E-state index in [0.29, 0.717) is 0 Å². The second-order valence-corrected chi connectivity index (χ2v) is 25.0. The van der Waals surface area contributed by atoms with E-state index in [9.17, 15) is 0 Å². The summed E-state index contributed by atoms with van der Waals surface area (Å²) >= 11 is 0. The second-order valence-electron chi connectivity index (χ2n) is 25.0. The van der Waals surface area contributed by atoms with Crippen LogP contribution in [0.1, 0.15) is 128 Å². The van der Waals surface area contributed by atoms with Crippen LogP contribution in [0, 0.1) is 18.8 Å². The Morgan fingerprint density at radius 3 is 1.55 bits per heavy atom. The van der Waals surface area contributed by atoms with Gasteiger partial charge in [-0.3, -0.25) is 0 Å². The molecule has 0 radical (unpaired) electrons. The molecule has 1 aliphatic rings. The Hall–Kier alpha value is -7.20. The van der Waals surface area contributed by atoms with Gasteiger partial charge in [0.25, 0.3) is 0 Å². The Morgan fingerprint density at radius 2 is 0.974 bits per heavy atom. The number of pyridine rings is 1. The number of aromatic nitrogens is 2. The van der Waals surface area contributed by atoms with Gasteiger partial charge in [0, 0.05) is 67.7 Å². The topological polar surface area (TPSA) is 27.5 Å². The molecule has 6 heteroatoms. The maximum atomic E-state index is 5.17. The fourth-order valence-corrected chi connectivity index (χ4v) is 11.2. The Balaban J connectivity index is 0.00000688. The maximum Gasteiger partial charge on any atom is 0.135 e. The van der Waals surface area contributed by atoms with Gasteiger partial charge in [0.1, 0.15) is 5.82 Å². The number of hydrogen-bond donors (Lipinski definition) is 0. The van der Waals surface area contributed by atoms with E-state index in [2.05, 4.69) is 316 Å². The first kappa shape index (κ1) is 54.2. The quantitative estimate of drug-likeness (QED) is 0.101. The van der Waals surface area contributed by atoms with Gasteiger partial charge in [0.2, 0.25) is 0 Å². The summed E-state index contributed by atoms with van der Waals surface area (Å²) < 4.78 is 2.32. The maximum absolute atomic E-state index is 5.17. The molecule has 2 aromatic heterocycles. The standard InChI is InChI=1S/C72H72N5.Pt/c1-68(2,3)54-39-55(69(4,5)6)42-59(41-54)75-48-76(65-32-24-23-31-64(65)75)60-43-56(70(7,8)9)40-58(46-60)74(13)57-34-35-61-62-44-53(72(12,50-27-19-15-20-28-50)51-29-21-16-22-30-51)33-36-63(62)77(66(61)47-57)67-45-52(37-38-73-67)71(10,11)49-25-17-14-18-26-49;/h14-45,48H,1-13H3;/q-3;. The van der Waals surface area contributed by atoms with Gasteiger partial charge >= 0.3 is 0 Å². The largest absolute Gasteiger partial charge is 0.493 e. The van der Waals surface area contributed by atoms with Gasteiger partial charge < -0.3 is 19.3 Å². The summed E-state index contributed by atoms with van der Waals surface area (Å²) in [6, 6.07) is 77.0. The van der Waals surface area contributed by atoms with E-state index in [4.69, 9.17) is 4.98 Å². The van der Waals surface area contributed by atoms with Crippen LogP contribution in [0.15, 0.2) is 194 Å². The smallest absolute Gasteiger partial charge is 0.135 e. The molecule has 0 spiro atoms. The molecule has 11 rings (SSSR count). The first-order valence-corrected chi connectivity index (χ1v) is 27.3. The van der Waals surface area contributed by atoms with Crippen molar-refractivity contribution in [3.63, 3.8) is 0 Å². The average Bonchev–Trinajstić information content (AvgIpc) is 4.12. The third kappa shape index (κ3) is 9.78. The van der Waals surface area contributed by atoms with Crippen molar-refractivity contribution in [2.45, 2.75) is 110 Å². The van der Waals surface area contributed by atoms with Crippen molar-refractivity contribution in [1.29, 1.82) is 0 Å². The Morgan fingerprint density at radius 1 is 0.436 bits per heavy atom. The predicted octanol–water partition coefficient (Wildman–Crippen LogP) is 18.5. The molecule has 3 heterocycles. The van der Waals surface area contributed by atoms with Crippen molar-refractivity contribution < 1.29 is 21.1 Å². The fraction of sp³-hybridized carbons (Fsp3) is 0.250. The van der Waals surface area contributed by atoms with Gasteiger partial charge in [-0.15, -0.1) is 53.6 Å². The van der Waals surface area contributed by atoms with E-state index in [1.54, 1.807) is 0 Å². The number of benzene rings is 8. The van der Waals surface area contributed by atoms with Crippen LogP contribution in [0.3, 0.4) is 0 Å². The SMILES string of the molecule is CN(c1[c-]c2c(cc1)c1cc(C(C)(c3ccccc3)c3ccccc3)ccc1n2-c1cc(C(C)(C)c2ccccc2)ccn1)c1[c-]c(N2[CH-]N(c3cc(C(C)(C)C)cc(C(C)(C)C)c3)c3ccccc32)cc(C(C)(C)C)c1.[Pt]. The van der Waals surface area contributed by atoms with E-state index < -0.39 is 5.41 Å². The number of nitrogens with zero attached hydrogens (tertiary/aromatic N) is 5. The van der Waals surface area contributed by atoms with Gasteiger partial charge in [-0.25, -0.2) is 4.98 Å². The molecule has 0 aliphatic carbocycles. The van der Waals surface area contributed by atoms with Crippen molar-refractivity contribution in [2.24, 2.45) is 0 Å². The number of rotatable bonds is 10. The number of anilines is 6. The van der Waals surface area contributed by atoms with E-state index in [0.717, 1.165) is 61.7 Å². The molecule has 8 aromatic carbocycles. The van der Waals surface area contributed by atoms with Crippen LogP contribution in [0.2, 0.25) is 0 Å². The molecule has 5 nitrogen and oxygen atoms in total. The van der Waals surface area contributed by atoms with Crippen LogP contribution in [-0.2, 0) is 48.1 Å². The van der Waals surface area contributed by atoms with Gasteiger partial charge in [0.15, 0.2) is 0 Å². The predicted molar refractivity (Wildman–Crippen MR) is 325 cm³/mol. The number of para-hydroxylation sites is 2. The molecular weight excluding hydrogens is 1130 g/mol. The van der Waals surface area contributed by atoms with Crippen LogP contribution in [0.5, 0.6) is 0 Å². The average molecular weight is 1200 g/mol. The summed E-state index contributed by atoms with van der Waals surface area (Å²) in [5.74, 6) is 0.850. The third-order valence-corrected chi connectivity index (χ3v) is 16.4. The molecule has 0 saturated carbocycles. The Kier molecular flexibility index (Phi) is 14.0. The Bertz CT molecular complexity index is 3730. The zero-order valence-corrected chi connectivity index (χ0v) is 49.9. The third-order valence-electron chi connectivity index (χ3n) is 16.4. The molecule has 0 N–H and O–H groups in total. The number of fused-ring (bicyclic) bond motifs is 4. The second kappa shape index (κ2) is 20.2. The molecule has 398 valence electrons. The molecule has 1 aliphatic heterocycles. The first-order valence-electron chi connectivity index (χ1n) is 27.3. The van der Waals surface area contributed by atoms with Gasteiger partial charge in [-0.05, 0) is 110 Å². The summed E-state index contributed by atoms with van der Waals surface area (Å²) in [4.78, 5) is 12.1. The number of hydrogen-bond acceptors (Lipinski definition) is 4. The van der Waals surface area contributed by atoms with Crippen LogP contribution < -0.4 is 14.7 Å². The molecule has 0 amide bonds. The van der Waals surface area contributed by atoms with Crippen molar-refractivity contribution in [3.8, 4) is 5.82 Å². The van der Waals surface area contributed by atoms with Crippen LogP contribution >= 0.6 is 0 Å². The zero-order valence-electron chi connectivity index (χ0n) is 47.6.